The number of imide groups is 1. The van der Waals surface area contributed by atoms with Gasteiger partial charge in [-0.05, 0) is 31.6 Å². The molecule has 1 saturated carbocycles. The fraction of sp³-hybridized carbons (Fsp3) is 0.667. The number of carbonyl (C=O) groups excluding carboxylic acids is 3. The second-order valence-corrected chi connectivity index (χ2v) is 7.55. The summed E-state index contributed by atoms with van der Waals surface area (Å²) < 4.78 is 2.25. The molecular formula is C18H25N5O3. The molecule has 1 N–H and O–H groups in total. The van der Waals surface area contributed by atoms with Gasteiger partial charge in [0.2, 0.25) is 5.91 Å². The molecule has 2 aliphatic heterocycles. The van der Waals surface area contributed by atoms with E-state index in [-0.39, 0.29) is 30.8 Å². The number of imidazole rings is 1. The lowest BCUT2D eigenvalue weighted by molar-refractivity contribution is -0.137. The zero-order valence-corrected chi connectivity index (χ0v) is 14.9. The Kier molecular flexibility index (Phi) is 4.65. The van der Waals surface area contributed by atoms with Crippen LogP contribution in [0, 0.1) is 5.92 Å². The molecule has 8 nitrogen and oxygen atoms in total. The van der Waals surface area contributed by atoms with E-state index in [9.17, 15) is 14.4 Å². The molecule has 0 unspecified atom stereocenters. The molecule has 1 aromatic heterocycles. The van der Waals surface area contributed by atoms with Gasteiger partial charge < -0.3 is 14.8 Å². The number of hydrogen-bond acceptors (Lipinski definition) is 4. The van der Waals surface area contributed by atoms with Crippen LogP contribution in [0.5, 0.6) is 0 Å². The summed E-state index contributed by atoms with van der Waals surface area (Å²) in [6.07, 6.45) is 9.71. The van der Waals surface area contributed by atoms with Gasteiger partial charge in [-0.25, -0.2) is 9.78 Å². The predicted octanol–water partition coefficient (Wildman–Crippen LogP) is 0.941. The number of likely N-dealkylation sites (tertiary alicyclic amines) is 1. The third-order valence-electron chi connectivity index (χ3n) is 5.80. The van der Waals surface area contributed by atoms with Crippen LogP contribution in [0.25, 0.3) is 0 Å². The van der Waals surface area contributed by atoms with Gasteiger partial charge in [-0.2, -0.15) is 0 Å². The number of nitrogens with zero attached hydrogens (tertiary/aromatic N) is 4. The van der Waals surface area contributed by atoms with Crippen molar-refractivity contribution in [1.82, 2.24) is 24.7 Å². The second kappa shape index (κ2) is 7.09. The van der Waals surface area contributed by atoms with Crippen LogP contribution in [-0.2, 0) is 16.1 Å². The van der Waals surface area contributed by atoms with E-state index in [1.165, 1.54) is 19.3 Å². The zero-order chi connectivity index (χ0) is 18.1. The normalized spacial score (nSPS) is 23.9. The Balaban J connectivity index is 1.39. The van der Waals surface area contributed by atoms with Crippen molar-refractivity contribution in [1.29, 1.82) is 0 Å². The second-order valence-electron chi connectivity index (χ2n) is 7.55. The Hall–Kier alpha value is -2.38. The number of aromatic nitrogens is 2. The van der Waals surface area contributed by atoms with Crippen molar-refractivity contribution in [3.8, 4) is 0 Å². The van der Waals surface area contributed by atoms with Crippen LogP contribution in [0.2, 0.25) is 0 Å². The molecule has 8 heteroatoms. The molecule has 26 heavy (non-hydrogen) atoms. The van der Waals surface area contributed by atoms with Gasteiger partial charge in [0.25, 0.3) is 5.91 Å². The van der Waals surface area contributed by atoms with Crippen molar-refractivity contribution in [2.45, 2.75) is 44.6 Å². The average molecular weight is 359 g/mol. The molecule has 3 heterocycles. The van der Waals surface area contributed by atoms with Gasteiger partial charge in [0.1, 0.15) is 12.4 Å². The standard InChI is InChI=1S/C18H25N5O3/c24-15-9-20-18(26)23(15)12-16(25)21-7-2-5-14(11-21)17-19-6-8-22(17)10-13-3-1-4-13/h6,8,13-14H,1-5,7,9-12H2,(H,20,26)/t14-/m0/s1. The SMILES string of the molecule is O=C(CN1C(=O)CNC1=O)N1CCC[C@H](c2nccn2CC2CCC2)C1. The van der Waals surface area contributed by atoms with E-state index in [1.54, 1.807) is 4.90 Å². The van der Waals surface area contributed by atoms with Gasteiger partial charge in [-0.1, -0.05) is 6.42 Å². The maximum Gasteiger partial charge on any atom is 0.325 e. The highest BCUT2D eigenvalue weighted by atomic mass is 16.2. The minimum Gasteiger partial charge on any atom is -0.340 e. The van der Waals surface area contributed by atoms with E-state index >= 15 is 0 Å². The molecule has 2 saturated heterocycles. The average Bonchev–Trinajstić information content (AvgIpc) is 3.20. The lowest BCUT2D eigenvalue weighted by Crippen LogP contribution is -2.46. The molecule has 1 atom stereocenters. The Bertz CT molecular complexity index is 695. The summed E-state index contributed by atoms with van der Waals surface area (Å²) in [5.41, 5.74) is 0. The Labute approximate surface area is 152 Å². The number of urea groups is 1. The van der Waals surface area contributed by atoms with Crippen LogP contribution in [0.3, 0.4) is 0 Å². The fourth-order valence-corrected chi connectivity index (χ4v) is 4.05. The largest absolute Gasteiger partial charge is 0.340 e. The van der Waals surface area contributed by atoms with E-state index in [0.717, 1.165) is 36.0 Å². The van der Waals surface area contributed by atoms with Crippen LogP contribution < -0.4 is 5.32 Å². The lowest BCUT2D eigenvalue weighted by atomic mass is 9.85. The van der Waals surface area contributed by atoms with Crippen LogP contribution in [0.1, 0.15) is 43.8 Å². The fourth-order valence-electron chi connectivity index (χ4n) is 4.05. The first kappa shape index (κ1) is 17.1. The summed E-state index contributed by atoms with van der Waals surface area (Å²) in [4.78, 5) is 43.3. The smallest absolute Gasteiger partial charge is 0.325 e. The molecule has 0 aromatic carbocycles. The predicted molar refractivity (Wildman–Crippen MR) is 93.2 cm³/mol. The maximum absolute atomic E-state index is 12.6. The highest BCUT2D eigenvalue weighted by Crippen LogP contribution is 2.31. The van der Waals surface area contributed by atoms with Crippen LogP contribution in [-0.4, -0.2) is 63.4 Å². The molecule has 1 aromatic rings. The highest BCUT2D eigenvalue weighted by Gasteiger charge is 2.34. The van der Waals surface area contributed by atoms with Gasteiger partial charge >= 0.3 is 6.03 Å². The van der Waals surface area contributed by atoms with Gasteiger partial charge in [0.05, 0.1) is 6.54 Å². The maximum atomic E-state index is 12.6. The van der Waals surface area contributed by atoms with Crippen molar-refractivity contribution in [3.63, 3.8) is 0 Å². The molecule has 4 rings (SSSR count). The summed E-state index contributed by atoms with van der Waals surface area (Å²) in [6.45, 7) is 2.09. The van der Waals surface area contributed by atoms with Gasteiger partial charge in [-0.15, -0.1) is 0 Å². The Morgan fingerprint density at radius 3 is 2.77 bits per heavy atom. The van der Waals surface area contributed by atoms with Crippen molar-refractivity contribution in [2.24, 2.45) is 5.92 Å². The van der Waals surface area contributed by atoms with E-state index in [1.807, 2.05) is 12.4 Å². The molecular weight excluding hydrogens is 334 g/mol. The minimum atomic E-state index is -0.479. The summed E-state index contributed by atoms with van der Waals surface area (Å²) in [6, 6.07) is -0.479. The van der Waals surface area contributed by atoms with Crippen molar-refractivity contribution >= 4 is 17.8 Å². The summed E-state index contributed by atoms with van der Waals surface area (Å²) >= 11 is 0. The van der Waals surface area contributed by atoms with Crippen LogP contribution >= 0.6 is 0 Å². The van der Waals surface area contributed by atoms with Crippen LogP contribution in [0.15, 0.2) is 12.4 Å². The quantitative estimate of drug-likeness (QED) is 0.793. The van der Waals surface area contributed by atoms with E-state index in [4.69, 9.17) is 0 Å². The highest BCUT2D eigenvalue weighted by molar-refractivity contribution is 6.04. The first-order chi connectivity index (χ1) is 12.6. The lowest BCUT2D eigenvalue weighted by Gasteiger charge is -2.34. The molecule has 0 spiro atoms. The Morgan fingerprint density at radius 1 is 1.23 bits per heavy atom. The summed E-state index contributed by atoms with van der Waals surface area (Å²) in [5, 5.41) is 2.45. The van der Waals surface area contributed by atoms with Gasteiger partial charge in [0, 0.05) is 37.9 Å². The topological polar surface area (TPSA) is 87.5 Å². The Morgan fingerprint density at radius 2 is 2.08 bits per heavy atom. The number of nitrogens with one attached hydrogen (secondary N) is 1. The number of rotatable bonds is 5. The third kappa shape index (κ3) is 3.32. The number of hydrogen-bond donors (Lipinski definition) is 1. The molecule has 4 amide bonds. The molecule has 3 fully saturated rings. The van der Waals surface area contributed by atoms with Crippen molar-refractivity contribution in [2.75, 3.05) is 26.2 Å². The summed E-state index contributed by atoms with van der Waals surface area (Å²) in [5.74, 6) is 1.52. The van der Waals surface area contributed by atoms with Gasteiger partial charge in [0.15, 0.2) is 0 Å². The van der Waals surface area contributed by atoms with E-state index in [0.29, 0.717) is 13.1 Å². The molecule has 1 aliphatic carbocycles. The van der Waals surface area contributed by atoms with E-state index < -0.39 is 6.03 Å². The molecule has 0 bridgehead atoms. The van der Waals surface area contributed by atoms with Crippen molar-refractivity contribution in [3.05, 3.63) is 18.2 Å². The van der Waals surface area contributed by atoms with Crippen LogP contribution in [0.4, 0.5) is 4.79 Å². The number of carbonyl (C=O) groups is 3. The minimum absolute atomic E-state index is 0.0205. The first-order valence-electron chi connectivity index (χ1n) is 9.49. The molecule has 140 valence electrons. The number of piperidine rings is 1. The molecule has 3 aliphatic rings. The van der Waals surface area contributed by atoms with E-state index in [2.05, 4.69) is 14.9 Å². The monoisotopic (exact) mass is 359 g/mol. The third-order valence-corrected chi connectivity index (χ3v) is 5.80. The van der Waals surface area contributed by atoms with Crippen molar-refractivity contribution < 1.29 is 14.4 Å². The zero-order valence-electron chi connectivity index (χ0n) is 14.9. The summed E-state index contributed by atoms with van der Waals surface area (Å²) in [7, 11) is 0. The number of amides is 4. The molecule has 0 radical (unpaired) electrons. The van der Waals surface area contributed by atoms with Gasteiger partial charge in [-0.3, -0.25) is 14.5 Å². The first-order valence-corrected chi connectivity index (χ1v) is 9.49.